The number of carbonyl (C=O) groups excluding carboxylic acids is 1. The van der Waals surface area contributed by atoms with Crippen LogP contribution in [-0.4, -0.2) is 24.0 Å². The monoisotopic (exact) mass is 319 g/mol. The smallest absolute Gasteiger partial charge is 0.272 e. The van der Waals surface area contributed by atoms with Crippen molar-refractivity contribution in [2.45, 2.75) is 20.3 Å². The van der Waals surface area contributed by atoms with Crippen LogP contribution in [0.25, 0.3) is 10.9 Å². The predicted octanol–water partition coefficient (Wildman–Crippen LogP) is 4.11. The largest absolute Gasteiger partial charge is 0.371 e. The fourth-order valence-electron chi connectivity index (χ4n) is 3.41. The van der Waals surface area contributed by atoms with Crippen LogP contribution < -0.4 is 10.2 Å². The van der Waals surface area contributed by atoms with E-state index < -0.39 is 0 Å². The summed E-state index contributed by atoms with van der Waals surface area (Å²) in [4.78, 5) is 18.1. The quantitative estimate of drug-likeness (QED) is 0.763. The molecule has 0 spiro atoms. The number of aryl methyl sites for hydroxylation is 1. The maximum absolute atomic E-state index is 12.6. The highest BCUT2D eigenvalue weighted by molar-refractivity contribution is 6.06. The van der Waals surface area contributed by atoms with E-state index in [1.54, 1.807) is 0 Å². The van der Waals surface area contributed by atoms with Crippen molar-refractivity contribution in [3.8, 4) is 0 Å². The minimum atomic E-state index is -0.107. The molecule has 4 heteroatoms. The van der Waals surface area contributed by atoms with Crippen LogP contribution in [0.3, 0.4) is 0 Å². The SMILES string of the molecule is CCN1CCc2ccc(NC(=O)c3cc4ccc(C)cc4[nH]3)cc21. The van der Waals surface area contributed by atoms with E-state index in [1.807, 2.05) is 25.1 Å². The summed E-state index contributed by atoms with van der Waals surface area (Å²) in [6, 6.07) is 14.2. The summed E-state index contributed by atoms with van der Waals surface area (Å²) in [6.07, 6.45) is 1.08. The van der Waals surface area contributed by atoms with Crippen molar-refractivity contribution in [2.24, 2.45) is 0 Å². The number of hydrogen-bond donors (Lipinski definition) is 2. The van der Waals surface area contributed by atoms with Crippen LogP contribution in [0.2, 0.25) is 0 Å². The standard InChI is InChI=1S/C20H21N3O/c1-3-23-9-8-14-6-7-16(12-19(14)23)21-20(24)18-11-15-5-4-13(2)10-17(15)22-18/h4-7,10-12,22H,3,8-9H2,1-2H3,(H,21,24). The second kappa shape index (κ2) is 5.71. The molecule has 122 valence electrons. The molecule has 2 heterocycles. The summed E-state index contributed by atoms with van der Waals surface area (Å²) in [5.41, 5.74) is 6.19. The predicted molar refractivity (Wildman–Crippen MR) is 99.0 cm³/mol. The van der Waals surface area contributed by atoms with Gasteiger partial charge >= 0.3 is 0 Å². The first-order chi connectivity index (χ1) is 11.6. The van der Waals surface area contributed by atoms with Crippen molar-refractivity contribution in [2.75, 3.05) is 23.3 Å². The van der Waals surface area contributed by atoms with Crippen molar-refractivity contribution in [3.05, 3.63) is 59.3 Å². The molecular weight excluding hydrogens is 298 g/mol. The van der Waals surface area contributed by atoms with Gasteiger partial charge in [-0.25, -0.2) is 0 Å². The zero-order chi connectivity index (χ0) is 16.7. The normalized spacial score (nSPS) is 13.3. The Morgan fingerprint density at radius 2 is 2.08 bits per heavy atom. The van der Waals surface area contributed by atoms with Gasteiger partial charge in [-0.15, -0.1) is 0 Å². The first-order valence-electron chi connectivity index (χ1n) is 8.42. The van der Waals surface area contributed by atoms with Crippen LogP contribution >= 0.6 is 0 Å². The molecule has 4 nitrogen and oxygen atoms in total. The summed E-state index contributed by atoms with van der Waals surface area (Å²) in [7, 11) is 0. The van der Waals surface area contributed by atoms with Crippen LogP contribution in [0.1, 0.15) is 28.5 Å². The number of H-pyrrole nitrogens is 1. The second-order valence-corrected chi connectivity index (χ2v) is 6.40. The molecule has 0 fully saturated rings. The van der Waals surface area contributed by atoms with Crippen LogP contribution in [0.15, 0.2) is 42.5 Å². The molecule has 0 aliphatic carbocycles. The number of benzene rings is 2. The second-order valence-electron chi connectivity index (χ2n) is 6.40. The molecular formula is C20H21N3O. The molecule has 3 aromatic rings. The highest BCUT2D eigenvalue weighted by atomic mass is 16.1. The fraction of sp³-hybridized carbons (Fsp3) is 0.250. The molecule has 0 unspecified atom stereocenters. The lowest BCUT2D eigenvalue weighted by Gasteiger charge is -2.17. The Kier molecular flexibility index (Phi) is 3.53. The topological polar surface area (TPSA) is 48.1 Å². The summed E-state index contributed by atoms with van der Waals surface area (Å²) in [5, 5.41) is 4.06. The van der Waals surface area contributed by atoms with Gasteiger partial charge in [-0.1, -0.05) is 18.2 Å². The van der Waals surface area contributed by atoms with Gasteiger partial charge in [0.2, 0.25) is 0 Å². The number of hydrogen-bond acceptors (Lipinski definition) is 2. The van der Waals surface area contributed by atoms with Crippen LogP contribution in [-0.2, 0) is 6.42 Å². The maximum Gasteiger partial charge on any atom is 0.272 e. The minimum absolute atomic E-state index is 0.107. The Bertz CT molecular complexity index is 926. The Hall–Kier alpha value is -2.75. The molecule has 2 aromatic carbocycles. The first-order valence-corrected chi connectivity index (χ1v) is 8.42. The van der Waals surface area contributed by atoms with E-state index in [4.69, 9.17) is 0 Å². The number of carbonyl (C=O) groups is 1. The Morgan fingerprint density at radius 3 is 2.92 bits per heavy atom. The van der Waals surface area contributed by atoms with E-state index in [0.29, 0.717) is 5.69 Å². The molecule has 24 heavy (non-hydrogen) atoms. The maximum atomic E-state index is 12.6. The highest BCUT2D eigenvalue weighted by Gasteiger charge is 2.18. The number of nitrogens with zero attached hydrogens (tertiary/aromatic N) is 1. The van der Waals surface area contributed by atoms with E-state index in [-0.39, 0.29) is 5.91 Å². The highest BCUT2D eigenvalue weighted by Crippen LogP contribution is 2.30. The van der Waals surface area contributed by atoms with Crippen LogP contribution in [0.4, 0.5) is 11.4 Å². The number of amides is 1. The molecule has 1 amide bonds. The van der Waals surface area contributed by atoms with Gasteiger partial charge in [-0.3, -0.25) is 4.79 Å². The lowest BCUT2D eigenvalue weighted by molar-refractivity contribution is 0.102. The van der Waals surface area contributed by atoms with Gasteiger partial charge in [0.1, 0.15) is 5.69 Å². The molecule has 0 saturated heterocycles. The lowest BCUT2D eigenvalue weighted by atomic mass is 10.1. The minimum Gasteiger partial charge on any atom is -0.371 e. The molecule has 1 aliphatic heterocycles. The summed E-state index contributed by atoms with van der Waals surface area (Å²) in [6.45, 7) is 6.26. The van der Waals surface area contributed by atoms with E-state index in [0.717, 1.165) is 36.1 Å². The molecule has 0 radical (unpaired) electrons. The molecule has 0 bridgehead atoms. The fourth-order valence-corrected chi connectivity index (χ4v) is 3.41. The van der Waals surface area contributed by atoms with Gasteiger partial charge < -0.3 is 15.2 Å². The van der Waals surface area contributed by atoms with Gasteiger partial charge in [0.15, 0.2) is 0 Å². The number of likely N-dealkylation sites (N-methyl/N-ethyl adjacent to an activating group) is 1. The van der Waals surface area contributed by atoms with E-state index in [9.17, 15) is 4.79 Å². The molecule has 0 atom stereocenters. The van der Waals surface area contributed by atoms with Gasteiger partial charge in [0.25, 0.3) is 5.91 Å². The van der Waals surface area contributed by atoms with Crippen LogP contribution in [0.5, 0.6) is 0 Å². The van der Waals surface area contributed by atoms with E-state index in [2.05, 4.69) is 46.4 Å². The molecule has 1 aliphatic rings. The van der Waals surface area contributed by atoms with Gasteiger partial charge in [0, 0.05) is 35.4 Å². The Balaban J connectivity index is 1.59. The first kappa shape index (κ1) is 14.8. The van der Waals surface area contributed by atoms with E-state index in [1.165, 1.54) is 16.8 Å². The van der Waals surface area contributed by atoms with Gasteiger partial charge in [-0.05, 0) is 55.7 Å². The summed E-state index contributed by atoms with van der Waals surface area (Å²) < 4.78 is 0. The van der Waals surface area contributed by atoms with Gasteiger partial charge in [0.05, 0.1) is 0 Å². The zero-order valence-corrected chi connectivity index (χ0v) is 14.0. The Labute approximate surface area is 141 Å². The lowest BCUT2D eigenvalue weighted by Crippen LogP contribution is -2.19. The van der Waals surface area contributed by atoms with Crippen molar-refractivity contribution >= 4 is 28.2 Å². The van der Waals surface area contributed by atoms with E-state index >= 15 is 0 Å². The average molecular weight is 319 g/mol. The van der Waals surface area contributed by atoms with Crippen molar-refractivity contribution in [1.82, 2.24) is 4.98 Å². The summed E-state index contributed by atoms with van der Waals surface area (Å²) >= 11 is 0. The summed E-state index contributed by atoms with van der Waals surface area (Å²) in [5.74, 6) is -0.107. The molecule has 2 N–H and O–H groups in total. The third-order valence-electron chi connectivity index (χ3n) is 4.74. The average Bonchev–Trinajstić information content (AvgIpc) is 3.17. The molecule has 0 saturated carbocycles. The number of nitrogens with one attached hydrogen (secondary N) is 2. The number of fused-ring (bicyclic) bond motifs is 2. The number of aromatic nitrogens is 1. The molecule has 1 aromatic heterocycles. The zero-order valence-electron chi connectivity index (χ0n) is 14.0. The third kappa shape index (κ3) is 2.54. The van der Waals surface area contributed by atoms with Crippen LogP contribution in [0, 0.1) is 6.92 Å². The van der Waals surface area contributed by atoms with Crippen molar-refractivity contribution in [1.29, 1.82) is 0 Å². The number of anilines is 2. The Morgan fingerprint density at radius 1 is 1.21 bits per heavy atom. The third-order valence-corrected chi connectivity index (χ3v) is 4.74. The number of aromatic amines is 1. The van der Waals surface area contributed by atoms with Crippen molar-refractivity contribution < 1.29 is 4.79 Å². The van der Waals surface area contributed by atoms with Crippen molar-refractivity contribution in [3.63, 3.8) is 0 Å². The number of rotatable bonds is 3. The molecule has 4 rings (SSSR count). The van der Waals surface area contributed by atoms with Gasteiger partial charge in [-0.2, -0.15) is 0 Å².